The molecule has 2 rings (SSSR count). The quantitative estimate of drug-likeness (QED) is 0.786. The summed E-state index contributed by atoms with van der Waals surface area (Å²) in [7, 11) is 4.09. The fourth-order valence-corrected chi connectivity index (χ4v) is 1.97. The van der Waals surface area contributed by atoms with Crippen LogP contribution in [-0.4, -0.2) is 25.7 Å². The molecule has 0 amide bonds. The van der Waals surface area contributed by atoms with E-state index in [1.165, 1.54) is 16.3 Å². The molecule has 1 N–H and O–H groups in total. The summed E-state index contributed by atoms with van der Waals surface area (Å²) < 4.78 is 0. The van der Waals surface area contributed by atoms with Gasteiger partial charge in [-0.05, 0) is 36.5 Å². The van der Waals surface area contributed by atoms with Crippen LogP contribution in [0.3, 0.4) is 0 Å². The van der Waals surface area contributed by atoms with Crippen molar-refractivity contribution in [2.75, 3.05) is 20.8 Å². The smallest absolute Gasteiger partial charge is 0.0478 e. The number of benzene rings is 2. The van der Waals surface area contributed by atoms with Crippen molar-refractivity contribution in [3.8, 4) is 0 Å². The molecule has 0 saturated heterocycles. The van der Waals surface area contributed by atoms with Gasteiger partial charge < -0.3 is 5.32 Å². The molecule has 0 heterocycles. The van der Waals surface area contributed by atoms with Crippen molar-refractivity contribution in [3.63, 3.8) is 0 Å². The highest BCUT2D eigenvalue weighted by molar-refractivity contribution is 5.82. The van der Waals surface area contributed by atoms with Crippen LogP contribution in [-0.2, 0) is 6.54 Å². The van der Waals surface area contributed by atoms with Gasteiger partial charge in [-0.25, -0.2) is 0 Å². The van der Waals surface area contributed by atoms with E-state index < -0.39 is 0 Å². The number of nitrogens with zero attached hydrogens (tertiary/aromatic N) is 1. The van der Waals surface area contributed by atoms with Crippen molar-refractivity contribution in [1.82, 2.24) is 10.2 Å². The lowest BCUT2D eigenvalue weighted by Gasteiger charge is -2.16. The average molecular weight is 214 g/mol. The first-order valence-electron chi connectivity index (χ1n) is 5.60. The zero-order valence-electron chi connectivity index (χ0n) is 9.90. The van der Waals surface area contributed by atoms with E-state index in [1.807, 2.05) is 7.05 Å². The van der Waals surface area contributed by atoms with Crippen LogP contribution in [0.15, 0.2) is 42.5 Å². The fourth-order valence-electron chi connectivity index (χ4n) is 1.97. The highest BCUT2D eigenvalue weighted by Gasteiger charge is 1.99. The Hall–Kier alpha value is -1.38. The largest absolute Gasteiger partial charge is 0.307 e. The van der Waals surface area contributed by atoms with E-state index in [1.54, 1.807) is 0 Å². The van der Waals surface area contributed by atoms with Crippen LogP contribution in [0.1, 0.15) is 5.56 Å². The van der Waals surface area contributed by atoms with E-state index in [0.29, 0.717) is 0 Å². The third-order valence-electron chi connectivity index (χ3n) is 2.69. The summed E-state index contributed by atoms with van der Waals surface area (Å²) in [6, 6.07) is 15.1. The Morgan fingerprint density at radius 2 is 1.81 bits per heavy atom. The zero-order chi connectivity index (χ0) is 11.4. The average Bonchev–Trinajstić information content (AvgIpc) is 2.29. The van der Waals surface area contributed by atoms with E-state index in [4.69, 9.17) is 0 Å². The van der Waals surface area contributed by atoms with Gasteiger partial charge in [-0.1, -0.05) is 36.4 Å². The third-order valence-corrected chi connectivity index (χ3v) is 2.69. The Labute approximate surface area is 96.9 Å². The normalized spacial score (nSPS) is 11.2. The SMILES string of the molecule is CNCN(C)Cc1ccc2ccccc2c1. The van der Waals surface area contributed by atoms with Crippen LogP contribution in [0.25, 0.3) is 10.8 Å². The molecule has 16 heavy (non-hydrogen) atoms. The summed E-state index contributed by atoms with van der Waals surface area (Å²) in [5.74, 6) is 0. The van der Waals surface area contributed by atoms with Gasteiger partial charge in [0.25, 0.3) is 0 Å². The summed E-state index contributed by atoms with van der Waals surface area (Å²) in [5.41, 5.74) is 1.36. The van der Waals surface area contributed by atoms with Gasteiger partial charge in [0.1, 0.15) is 0 Å². The molecule has 0 unspecified atom stereocenters. The molecular formula is C14H18N2. The Morgan fingerprint density at radius 3 is 2.56 bits per heavy atom. The van der Waals surface area contributed by atoms with E-state index in [-0.39, 0.29) is 0 Å². The van der Waals surface area contributed by atoms with Gasteiger partial charge in [-0.15, -0.1) is 0 Å². The highest BCUT2D eigenvalue weighted by atomic mass is 15.2. The predicted molar refractivity (Wildman–Crippen MR) is 69.3 cm³/mol. The molecule has 0 fully saturated rings. The topological polar surface area (TPSA) is 15.3 Å². The first-order chi connectivity index (χ1) is 7.79. The van der Waals surface area contributed by atoms with Crippen LogP contribution in [0.5, 0.6) is 0 Å². The van der Waals surface area contributed by atoms with Crippen LogP contribution in [0.2, 0.25) is 0 Å². The minimum atomic E-state index is 0.910. The lowest BCUT2D eigenvalue weighted by molar-refractivity contribution is 0.310. The predicted octanol–water partition coefficient (Wildman–Crippen LogP) is 2.45. The summed E-state index contributed by atoms with van der Waals surface area (Å²) in [6.45, 7) is 1.89. The van der Waals surface area contributed by atoms with E-state index >= 15 is 0 Å². The number of rotatable bonds is 4. The van der Waals surface area contributed by atoms with Gasteiger partial charge >= 0.3 is 0 Å². The second kappa shape index (κ2) is 5.10. The maximum absolute atomic E-state index is 3.15. The Kier molecular flexibility index (Phi) is 3.54. The monoisotopic (exact) mass is 214 g/mol. The summed E-state index contributed by atoms with van der Waals surface area (Å²) >= 11 is 0. The standard InChI is InChI=1S/C14H18N2/c1-15-11-16(2)10-12-7-8-13-5-3-4-6-14(13)9-12/h3-9,15H,10-11H2,1-2H3. The number of nitrogens with one attached hydrogen (secondary N) is 1. The number of fused-ring (bicyclic) bond motifs is 1. The molecule has 0 saturated carbocycles. The molecule has 0 aliphatic carbocycles. The molecule has 84 valence electrons. The molecule has 0 aromatic heterocycles. The second-order valence-electron chi connectivity index (χ2n) is 4.21. The van der Waals surface area contributed by atoms with Crippen LogP contribution in [0, 0.1) is 0 Å². The first-order valence-corrected chi connectivity index (χ1v) is 5.60. The Balaban J connectivity index is 2.19. The number of hydrogen-bond acceptors (Lipinski definition) is 2. The van der Waals surface area contributed by atoms with E-state index in [9.17, 15) is 0 Å². The van der Waals surface area contributed by atoms with Crippen LogP contribution in [0.4, 0.5) is 0 Å². The molecule has 0 radical (unpaired) electrons. The molecule has 0 atom stereocenters. The number of hydrogen-bond donors (Lipinski definition) is 1. The minimum Gasteiger partial charge on any atom is -0.307 e. The lowest BCUT2D eigenvalue weighted by Crippen LogP contribution is -2.27. The van der Waals surface area contributed by atoms with Crippen molar-refractivity contribution in [3.05, 3.63) is 48.0 Å². The van der Waals surface area contributed by atoms with Crippen LogP contribution < -0.4 is 5.32 Å². The van der Waals surface area contributed by atoms with Crippen molar-refractivity contribution >= 4 is 10.8 Å². The van der Waals surface area contributed by atoms with Crippen molar-refractivity contribution in [2.45, 2.75) is 6.54 Å². The molecule has 2 aromatic carbocycles. The first kappa shape index (κ1) is 11.1. The molecule has 0 spiro atoms. The molecular weight excluding hydrogens is 196 g/mol. The van der Waals surface area contributed by atoms with Crippen LogP contribution >= 0.6 is 0 Å². The van der Waals surface area contributed by atoms with Gasteiger partial charge in [-0.2, -0.15) is 0 Å². The Bertz CT molecular complexity index is 465. The van der Waals surface area contributed by atoms with Crippen molar-refractivity contribution < 1.29 is 0 Å². The van der Waals surface area contributed by atoms with Gasteiger partial charge in [0.05, 0.1) is 0 Å². The molecule has 2 aromatic rings. The van der Waals surface area contributed by atoms with E-state index in [0.717, 1.165) is 13.2 Å². The molecule has 0 aliphatic heterocycles. The second-order valence-corrected chi connectivity index (χ2v) is 4.21. The summed E-state index contributed by atoms with van der Waals surface area (Å²) in [5, 5.41) is 5.78. The summed E-state index contributed by atoms with van der Waals surface area (Å²) in [4.78, 5) is 2.25. The molecule has 0 bridgehead atoms. The molecule has 0 aliphatic rings. The Morgan fingerprint density at radius 1 is 1.06 bits per heavy atom. The maximum Gasteiger partial charge on any atom is 0.0478 e. The minimum absolute atomic E-state index is 0.910. The van der Waals surface area contributed by atoms with Gasteiger partial charge in [-0.3, -0.25) is 4.90 Å². The third kappa shape index (κ3) is 2.60. The van der Waals surface area contributed by atoms with Crippen molar-refractivity contribution in [2.24, 2.45) is 0 Å². The lowest BCUT2D eigenvalue weighted by atomic mass is 10.1. The maximum atomic E-state index is 3.15. The van der Waals surface area contributed by atoms with Gasteiger partial charge in [0.15, 0.2) is 0 Å². The zero-order valence-corrected chi connectivity index (χ0v) is 9.90. The molecule has 2 nitrogen and oxygen atoms in total. The van der Waals surface area contributed by atoms with Gasteiger partial charge in [0.2, 0.25) is 0 Å². The fraction of sp³-hybridized carbons (Fsp3) is 0.286. The van der Waals surface area contributed by atoms with Gasteiger partial charge in [0, 0.05) is 13.2 Å². The summed E-state index contributed by atoms with van der Waals surface area (Å²) in [6.07, 6.45) is 0. The van der Waals surface area contributed by atoms with Crippen molar-refractivity contribution in [1.29, 1.82) is 0 Å². The molecule has 2 heteroatoms. The van der Waals surface area contributed by atoms with E-state index in [2.05, 4.69) is 59.7 Å². The highest BCUT2D eigenvalue weighted by Crippen LogP contribution is 2.16.